The minimum Gasteiger partial charge on any atom is -0.444 e. The summed E-state index contributed by atoms with van der Waals surface area (Å²) in [4.78, 5) is 40.4. The van der Waals surface area contributed by atoms with Crippen molar-refractivity contribution in [1.29, 1.82) is 5.26 Å². The zero-order chi connectivity index (χ0) is 25.5. The molecular weight excluding hydrogens is 432 g/mol. The van der Waals surface area contributed by atoms with Crippen molar-refractivity contribution >= 4 is 17.9 Å². The standard InChI is InChI=1S/C26H38N4O4/c1-17-12-13-20(16-18(17)2)22(23(31)29-21-10-8-7-9-11-21)30(15-14-27)24(32)19(3)28-25(33)34-26(4,5)6/h12-13,16,19,21-22H,7-11,15H2,1-6H3,(H,28,33)(H,29,31). The molecule has 3 amide bonds. The third-order valence-corrected chi connectivity index (χ3v) is 5.99. The summed E-state index contributed by atoms with van der Waals surface area (Å²) in [5.74, 6) is -0.849. The van der Waals surface area contributed by atoms with E-state index in [1.54, 1.807) is 20.8 Å². The van der Waals surface area contributed by atoms with Crippen molar-refractivity contribution in [2.45, 2.75) is 97.4 Å². The summed E-state index contributed by atoms with van der Waals surface area (Å²) in [5, 5.41) is 15.1. The Morgan fingerprint density at radius 1 is 1.15 bits per heavy atom. The highest BCUT2D eigenvalue weighted by atomic mass is 16.6. The second-order valence-electron chi connectivity index (χ2n) is 10.1. The quantitative estimate of drug-likeness (QED) is 0.584. The zero-order valence-electron chi connectivity index (χ0n) is 21.2. The van der Waals surface area contributed by atoms with Crippen LogP contribution >= 0.6 is 0 Å². The Morgan fingerprint density at radius 3 is 2.35 bits per heavy atom. The summed E-state index contributed by atoms with van der Waals surface area (Å²) in [6, 6.07) is 5.68. The highest BCUT2D eigenvalue weighted by molar-refractivity contribution is 5.92. The summed E-state index contributed by atoms with van der Waals surface area (Å²) < 4.78 is 5.26. The summed E-state index contributed by atoms with van der Waals surface area (Å²) in [6.45, 7) is 10.3. The second-order valence-corrected chi connectivity index (χ2v) is 10.1. The molecule has 0 heterocycles. The van der Waals surface area contributed by atoms with Gasteiger partial charge in [0.15, 0.2) is 0 Å². The molecule has 2 atom stereocenters. The summed E-state index contributed by atoms with van der Waals surface area (Å²) >= 11 is 0. The van der Waals surface area contributed by atoms with Gasteiger partial charge < -0.3 is 20.3 Å². The predicted molar refractivity (Wildman–Crippen MR) is 130 cm³/mol. The molecule has 2 unspecified atom stereocenters. The Balaban J connectivity index is 2.35. The maximum atomic E-state index is 13.5. The van der Waals surface area contributed by atoms with Gasteiger partial charge in [-0.3, -0.25) is 9.59 Å². The summed E-state index contributed by atoms with van der Waals surface area (Å²) in [7, 11) is 0. The van der Waals surface area contributed by atoms with Gasteiger partial charge in [0.2, 0.25) is 11.8 Å². The van der Waals surface area contributed by atoms with Crippen LogP contribution in [0.15, 0.2) is 18.2 Å². The number of hydrogen-bond donors (Lipinski definition) is 2. The molecule has 0 saturated heterocycles. The van der Waals surface area contributed by atoms with Crippen LogP contribution in [0.2, 0.25) is 0 Å². The smallest absolute Gasteiger partial charge is 0.408 e. The molecule has 186 valence electrons. The molecule has 1 aromatic carbocycles. The van der Waals surface area contributed by atoms with Gasteiger partial charge in [0.25, 0.3) is 0 Å². The van der Waals surface area contributed by atoms with E-state index in [0.29, 0.717) is 5.56 Å². The number of carbonyl (C=O) groups is 3. The SMILES string of the molecule is Cc1ccc(C(C(=O)NC2CCCCC2)N(CC#N)C(=O)C(C)NC(=O)OC(C)(C)C)cc1C. The lowest BCUT2D eigenvalue weighted by Gasteiger charge is -2.33. The lowest BCUT2D eigenvalue weighted by molar-refractivity contribution is -0.141. The number of rotatable bonds is 7. The molecule has 0 bridgehead atoms. The Bertz CT molecular complexity index is 926. The van der Waals surface area contributed by atoms with E-state index in [2.05, 4.69) is 10.6 Å². The van der Waals surface area contributed by atoms with E-state index in [1.165, 1.54) is 11.8 Å². The number of hydrogen-bond acceptors (Lipinski definition) is 5. The third-order valence-electron chi connectivity index (χ3n) is 5.99. The Labute approximate surface area is 203 Å². The van der Waals surface area contributed by atoms with Crippen molar-refractivity contribution < 1.29 is 19.1 Å². The van der Waals surface area contributed by atoms with Crippen LogP contribution in [0, 0.1) is 25.2 Å². The van der Waals surface area contributed by atoms with Crippen molar-refractivity contribution in [3.05, 3.63) is 34.9 Å². The molecule has 1 aromatic rings. The van der Waals surface area contributed by atoms with Gasteiger partial charge in [-0.2, -0.15) is 5.26 Å². The van der Waals surface area contributed by atoms with Crippen LogP contribution in [0.3, 0.4) is 0 Å². The van der Waals surface area contributed by atoms with E-state index in [9.17, 15) is 19.6 Å². The molecule has 8 heteroatoms. The van der Waals surface area contributed by atoms with Gasteiger partial charge in [0, 0.05) is 6.04 Å². The highest BCUT2D eigenvalue weighted by Crippen LogP contribution is 2.26. The van der Waals surface area contributed by atoms with Gasteiger partial charge in [-0.05, 0) is 71.1 Å². The first-order chi connectivity index (χ1) is 15.9. The molecule has 8 nitrogen and oxygen atoms in total. The van der Waals surface area contributed by atoms with Crippen molar-refractivity contribution in [2.75, 3.05) is 6.54 Å². The molecule has 0 radical (unpaired) electrons. The number of aryl methyl sites for hydroxylation is 2. The van der Waals surface area contributed by atoms with Crippen LogP contribution < -0.4 is 10.6 Å². The lowest BCUT2D eigenvalue weighted by atomic mass is 9.94. The van der Waals surface area contributed by atoms with E-state index in [0.717, 1.165) is 43.2 Å². The maximum absolute atomic E-state index is 13.5. The van der Waals surface area contributed by atoms with Crippen molar-refractivity contribution in [3.8, 4) is 6.07 Å². The predicted octanol–water partition coefficient (Wildman–Crippen LogP) is 4.06. The number of nitrogens with zero attached hydrogens (tertiary/aromatic N) is 2. The van der Waals surface area contributed by atoms with E-state index < -0.39 is 29.7 Å². The van der Waals surface area contributed by atoms with Crippen molar-refractivity contribution in [3.63, 3.8) is 0 Å². The first kappa shape index (κ1) is 27.2. The Hall–Kier alpha value is -3.08. The first-order valence-electron chi connectivity index (χ1n) is 12.0. The number of nitrogens with one attached hydrogen (secondary N) is 2. The van der Waals surface area contributed by atoms with Gasteiger partial charge in [-0.15, -0.1) is 0 Å². The van der Waals surface area contributed by atoms with Crippen LogP contribution in [0.1, 0.15) is 82.5 Å². The number of alkyl carbamates (subject to hydrolysis) is 1. The number of benzene rings is 1. The van der Waals surface area contributed by atoms with Gasteiger partial charge in [-0.25, -0.2) is 4.79 Å². The van der Waals surface area contributed by atoms with E-state index in [1.807, 2.05) is 38.1 Å². The molecule has 1 saturated carbocycles. The van der Waals surface area contributed by atoms with Crippen LogP contribution in [-0.2, 0) is 14.3 Å². The fourth-order valence-corrected chi connectivity index (χ4v) is 4.10. The lowest BCUT2D eigenvalue weighted by Crippen LogP contribution is -2.53. The van der Waals surface area contributed by atoms with Crippen LogP contribution in [0.5, 0.6) is 0 Å². The molecule has 1 fully saturated rings. The second kappa shape index (κ2) is 11.9. The van der Waals surface area contributed by atoms with E-state index in [4.69, 9.17) is 4.74 Å². The summed E-state index contributed by atoms with van der Waals surface area (Å²) in [5.41, 5.74) is 1.95. The topological polar surface area (TPSA) is 112 Å². The normalized spacial score (nSPS) is 16.0. The monoisotopic (exact) mass is 470 g/mol. The number of amides is 3. The molecule has 34 heavy (non-hydrogen) atoms. The van der Waals surface area contributed by atoms with Crippen LogP contribution in [0.4, 0.5) is 4.79 Å². The van der Waals surface area contributed by atoms with Crippen LogP contribution in [0.25, 0.3) is 0 Å². The van der Waals surface area contributed by atoms with Crippen molar-refractivity contribution in [2.24, 2.45) is 0 Å². The molecule has 1 aliphatic rings. The largest absolute Gasteiger partial charge is 0.444 e. The third kappa shape index (κ3) is 7.75. The zero-order valence-corrected chi connectivity index (χ0v) is 21.2. The fourth-order valence-electron chi connectivity index (χ4n) is 4.10. The molecular formula is C26H38N4O4. The van der Waals surface area contributed by atoms with Gasteiger partial charge in [0.05, 0.1) is 6.07 Å². The molecule has 2 rings (SSSR count). The molecule has 0 aromatic heterocycles. The Morgan fingerprint density at radius 2 is 1.79 bits per heavy atom. The van der Waals surface area contributed by atoms with Crippen molar-refractivity contribution in [1.82, 2.24) is 15.5 Å². The molecule has 2 N–H and O–H groups in total. The fraction of sp³-hybridized carbons (Fsp3) is 0.615. The minimum atomic E-state index is -0.990. The average Bonchev–Trinajstić information content (AvgIpc) is 2.74. The number of ether oxygens (including phenoxy) is 1. The maximum Gasteiger partial charge on any atom is 0.408 e. The highest BCUT2D eigenvalue weighted by Gasteiger charge is 2.35. The molecule has 0 spiro atoms. The molecule has 1 aliphatic carbocycles. The van der Waals surface area contributed by atoms with Gasteiger partial charge >= 0.3 is 6.09 Å². The van der Waals surface area contributed by atoms with Gasteiger partial charge in [0.1, 0.15) is 24.2 Å². The average molecular weight is 471 g/mol. The number of carbonyl (C=O) groups excluding carboxylic acids is 3. The summed E-state index contributed by atoms with van der Waals surface area (Å²) in [6.07, 6.45) is 4.32. The van der Waals surface area contributed by atoms with Gasteiger partial charge in [-0.1, -0.05) is 37.5 Å². The molecule has 0 aliphatic heterocycles. The Kier molecular flexibility index (Phi) is 9.48. The van der Waals surface area contributed by atoms with E-state index in [-0.39, 0.29) is 18.5 Å². The van der Waals surface area contributed by atoms with E-state index >= 15 is 0 Å². The number of nitriles is 1. The minimum absolute atomic E-state index is 0.0478. The first-order valence-corrected chi connectivity index (χ1v) is 12.0. The van der Waals surface area contributed by atoms with Crippen LogP contribution in [-0.4, -0.2) is 47.0 Å².